The van der Waals surface area contributed by atoms with E-state index in [1.165, 1.54) is 7.11 Å². The van der Waals surface area contributed by atoms with Gasteiger partial charge in [-0.1, -0.05) is 0 Å². The van der Waals surface area contributed by atoms with Crippen LogP contribution in [-0.4, -0.2) is 39.4 Å². The highest BCUT2D eigenvalue weighted by Gasteiger charge is 2.23. The summed E-state index contributed by atoms with van der Waals surface area (Å²) in [5.74, 6) is -0.304. The summed E-state index contributed by atoms with van der Waals surface area (Å²) in [5.41, 5.74) is 0. The molecule has 2 atom stereocenters. The number of carbonyl (C=O) groups is 1. The van der Waals surface area contributed by atoms with Crippen LogP contribution in [0.25, 0.3) is 0 Å². The van der Waals surface area contributed by atoms with Gasteiger partial charge in [-0.05, 0) is 14.0 Å². The molecule has 1 N–H and O–H groups in total. The van der Waals surface area contributed by atoms with Gasteiger partial charge >= 0.3 is 5.97 Å². The Labute approximate surface area is 66.9 Å². The fraction of sp³-hybridized carbons (Fsp3) is 0.857. The van der Waals surface area contributed by atoms with Crippen molar-refractivity contribution in [3.63, 3.8) is 0 Å². The molecule has 0 aliphatic rings. The summed E-state index contributed by atoms with van der Waals surface area (Å²) in [7, 11) is 4.60. The minimum atomic E-state index is -0.384. The highest BCUT2D eigenvalue weighted by molar-refractivity contribution is 5.76. The molecule has 4 nitrogen and oxygen atoms in total. The molecule has 0 aromatic heterocycles. The summed E-state index contributed by atoms with van der Waals surface area (Å²) in [5, 5.41) is 2.80. The Hall–Kier alpha value is -0.610. The summed E-state index contributed by atoms with van der Waals surface area (Å²) in [6.45, 7) is 1.80. The second-order valence-electron chi connectivity index (χ2n) is 2.23. The maximum atomic E-state index is 11.0. The van der Waals surface area contributed by atoms with Gasteiger partial charge in [-0.2, -0.15) is 0 Å². The zero-order valence-electron chi connectivity index (χ0n) is 7.38. The van der Waals surface area contributed by atoms with Crippen LogP contribution in [-0.2, 0) is 14.3 Å². The van der Waals surface area contributed by atoms with E-state index in [9.17, 15) is 4.79 Å². The van der Waals surface area contributed by atoms with Crippen LogP contribution in [0.2, 0.25) is 0 Å². The first-order chi connectivity index (χ1) is 5.17. The van der Waals surface area contributed by atoms with Gasteiger partial charge in [0.1, 0.15) is 6.04 Å². The van der Waals surface area contributed by atoms with Crippen molar-refractivity contribution >= 4 is 5.97 Å². The lowest BCUT2D eigenvalue weighted by Gasteiger charge is -2.19. The Morgan fingerprint density at radius 1 is 1.45 bits per heavy atom. The summed E-state index contributed by atoms with van der Waals surface area (Å²) < 4.78 is 9.51. The monoisotopic (exact) mass is 161 g/mol. The third kappa shape index (κ3) is 2.86. The number of likely N-dealkylation sites (N-methyl/N-ethyl adjacent to an activating group) is 1. The number of hydrogen-bond donors (Lipinski definition) is 1. The van der Waals surface area contributed by atoms with Crippen LogP contribution >= 0.6 is 0 Å². The zero-order chi connectivity index (χ0) is 8.85. The predicted molar refractivity (Wildman–Crippen MR) is 41.3 cm³/mol. The molecule has 0 aromatic rings. The number of esters is 1. The van der Waals surface area contributed by atoms with E-state index in [-0.39, 0.29) is 18.1 Å². The van der Waals surface area contributed by atoms with Gasteiger partial charge in [0.05, 0.1) is 13.2 Å². The Balaban J connectivity index is 4.03. The second-order valence-corrected chi connectivity index (χ2v) is 2.23. The van der Waals surface area contributed by atoms with Crippen LogP contribution in [0, 0.1) is 0 Å². The van der Waals surface area contributed by atoms with Crippen molar-refractivity contribution in [1.82, 2.24) is 5.32 Å². The number of rotatable bonds is 4. The van der Waals surface area contributed by atoms with E-state index in [1.54, 1.807) is 21.1 Å². The summed E-state index contributed by atoms with van der Waals surface area (Å²) in [4.78, 5) is 11.0. The molecule has 0 saturated carbocycles. The highest BCUT2D eigenvalue weighted by Crippen LogP contribution is 1.98. The van der Waals surface area contributed by atoms with Gasteiger partial charge in [-0.25, -0.2) is 0 Å². The number of methoxy groups -OCH3 is 2. The topological polar surface area (TPSA) is 47.6 Å². The molecule has 0 spiro atoms. The summed E-state index contributed by atoms with van der Waals surface area (Å²) in [6.07, 6.45) is -0.174. The van der Waals surface area contributed by atoms with Crippen molar-refractivity contribution in [3.8, 4) is 0 Å². The molecule has 4 heteroatoms. The van der Waals surface area contributed by atoms with Crippen LogP contribution in [0.1, 0.15) is 6.92 Å². The molecule has 0 amide bonds. The second kappa shape index (κ2) is 5.09. The molecule has 0 aromatic carbocycles. The number of ether oxygens (including phenoxy) is 2. The van der Waals surface area contributed by atoms with Crippen molar-refractivity contribution in [2.45, 2.75) is 19.1 Å². The van der Waals surface area contributed by atoms with E-state index in [0.29, 0.717) is 0 Å². The Bertz CT molecular complexity index is 127. The van der Waals surface area contributed by atoms with Crippen LogP contribution in [0.5, 0.6) is 0 Å². The third-order valence-corrected chi connectivity index (χ3v) is 1.61. The van der Waals surface area contributed by atoms with Crippen LogP contribution in [0.15, 0.2) is 0 Å². The predicted octanol–water partition coefficient (Wildman–Crippen LogP) is -0.218. The fourth-order valence-electron chi connectivity index (χ4n) is 0.807. The first-order valence-corrected chi connectivity index (χ1v) is 3.45. The average molecular weight is 161 g/mol. The van der Waals surface area contributed by atoms with Gasteiger partial charge in [0.25, 0.3) is 0 Å². The van der Waals surface area contributed by atoms with Crippen molar-refractivity contribution in [2.75, 3.05) is 21.3 Å². The van der Waals surface area contributed by atoms with E-state index in [4.69, 9.17) is 4.74 Å². The van der Waals surface area contributed by atoms with Crippen LogP contribution in [0.4, 0.5) is 0 Å². The summed E-state index contributed by atoms with van der Waals surface area (Å²) >= 11 is 0. The quantitative estimate of drug-likeness (QED) is 0.579. The first kappa shape index (κ1) is 10.4. The minimum absolute atomic E-state index is 0.174. The van der Waals surface area contributed by atoms with Gasteiger partial charge in [0.2, 0.25) is 0 Å². The maximum absolute atomic E-state index is 11.0. The molecule has 11 heavy (non-hydrogen) atoms. The minimum Gasteiger partial charge on any atom is -0.468 e. The van der Waals surface area contributed by atoms with E-state index >= 15 is 0 Å². The van der Waals surface area contributed by atoms with Gasteiger partial charge in [-0.15, -0.1) is 0 Å². The normalized spacial score (nSPS) is 15.6. The van der Waals surface area contributed by atoms with Gasteiger partial charge < -0.3 is 14.8 Å². The number of hydrogen-bond acceptors (Lipinski definition) is 4. The average Bonchev–Trinajstić information content (AvgIpc) is 2.05. The zero-order valence-corrected chi connectivity index (χ0v) is 7.38. The van der Waals surface area contributed by atoms with E-state index < -0.39 is 0 Å². The van der Waals surface area contributed by atoms with Gasteiger partial charge in [0, 0.05) is 7.11 Å². The molecule has 0 aliphatic carbocycles. The van der Waals surface area contributed by atoms with Crippen molar-refractivity contribution in [3.05, 3.63) is 0 Å². The third-order valence-electron chi connectivity index (χ3n) is 1.61. The van der Waals surface area contributed by atoms with Crippen LogP contribution < -0.4 is 5.32 Å². The summed E-state index contributed by atoms with van der Waals surface area (Å²) in [6, 6.07) is -0.384. The molecule has 0 heterocycles. The lowest BCUT2D eigenvalue weighted by Crippen LogP contribution is -2.44. The smallest absolute Gasteiger partial charge is 0.325 e. The number of carbonyl (C=O) groups excluding carboxylic acids is 1. The molecular formula is C7H15NO3. The fourth-order valence-corrected chi connectivity index (χ4v) is 0.807. The highest BCUT2D eigenvalue weighted by atomic mass is 16.5. The van der Waals surface area contributed by atoms with Crippen molar-refractivity contribution in [2.24, 2.45) is 0 Å². The standard InChI is InChI=1S/C7H15NO3/c1-5(10-3)6(8-2)7(9)11-4/h5-6,8H,1-4H3. The van der Waals surface area contributed by atoms with Crippen LogP contribution in [0.3, 0.4) is 0 Å². The Morgan fingerprint density at radius 3 is 2.27 bits per heavy atom. The van der Waals surface area contributed by atoms with Crippen molar-refractivity contribution in [1.29, 1.82) is 0 Å². The molecule has 0 saturated heterocycles. The lowest BCUT2D eigenvalue weighted by atomic mass is 10.2. The largest absolute Gasteiger partial charge is 0.468 e. The molecule has 0 bridgehead atoms. The van der Waals surface area contributed by atoms with E-state index in [1.807, 2.05) is 0 Å². The van der Waals surface area contributed by atoms with E-state index in [2.05, 4.69) is 10.1 Å². The van der Waals surface area contributed by atoms with Gasteiger partial charge in [-0.3, -0.25) is 4.79 Å². The SMILES string of the molecule is CNC(C(=O)OC)C(C)OC. The Kier molecular flexibility index (Phi) is 4.81. The maximum Gasteiger partial charge on any atom is 0.325 e. The molecule has 0 rings (SSSR count). The molecule has 2 unspecified atom stereocenters. The van der Waals surface area contributed by atoms with Gasteiger partial charge in [0.15, 0.2) is 0 Å². The lowest BCUT2D eigenvalue weighted by molar-refractivity contribution is -0.146. The molecule has 0 radical (unpaired) electrons. The van der Waals surface area contributed by atoms with Crippen molar-refractivity contribution < 1.29 is 14.3 Å². The van der Waals surface area contributed by atoms with E-state index in [0.717, 1.165) is 0 Å². The molecule has 0 aliphatic heterocycles. The first-order valence-electron chi connectivity index (χ1n) is 3.45. The molecule has 66 valence electrons. The molecular weight excluding hydrogens is 146 g/mol. The molecule has 0 fully saturated rings. The Morgan fingerprint density at radius 2 is 2.00 bits per heavy atom. The number of nitrogens with one attached hydrogen (secondary N) is 1.